The van der Waals surface area contributed by atoms with Gasteiger partial charge in [0.15, 0.2) is 5.70 Å². The molecule has 3 nitrogen and oxygen atoms in total. The molecule has 0 radical (unpaired) electrons. The molecule has 0 atom stereocenters. The molecule has 0 unspecified atom stereocenters. The lowest BCUT2D eigenvalue weighted by Crippen LogP contribution is -1.95. The number of aliphatic imine (C=N–C) groups is 1. The average Bonchev–Trinajstić information content (AvgIpc) is 1.69. The van der Waals surface area contributed by atoms with Crippen molar-refractivity contribution in [1.29, 1.82) is 0 Å². The second-order valence-corrected chi connectivity index (χ2v) is 1.24. The van der Waals surface area contributed by atoms with Gasteiger partial charge < -0.3 is 5.11 Å². The summed E-state index contributed by atoms with van der Waals surface area (Å²) in [5.41, 5.74) is -0.145. The SMILES string of the molecule is C=N/C(=C\S)C(=O)O. The van der Waals surface area contributed by atoms with Gasteiger partial charge in [0.1, 0.15) is 0 Å². The van der Waals surface area contributed by atoms with Gasteiger partial charge in [0, 0.05) is 5.41 Å². The second-order valence-electron chi connectivity index (χ2n) is 0.978. The minimum absolute atomic E-state index is 0.145. The topological polar surface area (TPSA) is 49.7 Å². The number of hydrogen-bond donors (Lipinski definition) is 2. The number of carboxylic acids is 1. The first-order valence-electron chi connectivity index (χ1n) is 1.76. The van der Waals surface area contributed by atoms with Gasteiger partial charge in [0.25, 0.3) is 0 Å². The Morgan fingerprint density at radius 1 is 1.88 bits per heavy atom. The van der Waals surface area contributed by atoms with Crippen molar-refractivity contribution in [3.8, 4) is 0 Å². The summed E-state index contributed by atoms with van der Waals surface area (Å²) in [7, 11) is 0. The number of hydrogen-bond acceptors (Lipinski definition) is 3. The summed E-state index contributed by atoms with van der Waals surface area (Å²) in [6.45, 7) is 3.01. The molecule has 1 N–H and O–H groups in total. The normalized spacial score (nSPS) is 10.9. The quantitative estimate of drug-likeness (QED) is 0.326. The van der Waals surface area contributed by atoms with Crippen LogP contribution in [0.5, 0.6) is 0 Å². The van der Waals surface area contributed by atoms with Crippen molar-refractivity contribution in [2.24, 2.45) is 4.99 Å². The first-order chi connectivity index (χ1) is 3.72. The van der Waals surface area contributed by atoms with Crippen LogP contribution in [0.4, 0.5) is 0 Å². The third kappa shape index (κ3) is 1.79. The van der Waals surface area contributed by atoms with E-state index in [2.05, 4.69) is 24.3 Å². The Morgan fingerprint density at radius 3 is 2.38 bits per heavy atom. The fraction of sp³-hybridized carbons (Fsp3) is 0. The van der Waals surface area contributed by atoms with E-state index in [1.807, 2.05) is 0 Å². The lowest BCUT2D eigenvalue weighted by Gasteiger charge is -1.85. The molecule has 0 aliphatic heterocycles. The van der Waals surface area contributed by atoms with Crippen molar-refractivity contribution in [2.75, 3.05) is 0 Å². The van der Waals surface area contributed by atoms with Crippen molar-refractivity contribution in [3.63, 3.8) is 0 Å². The second kappa shape index (κ2) is 3.26. The molecule has 8 heavy (non-hydrogen) atoms. The van der Waals surface area contributed by atoms with E-state index in [-0.39, 0.29) is 5.70 Å². The first kappa shape index (κ1) is 7.23. The fourth-order valence-electron chi connectivity index (χ4n) is 0.164. The summed E-state index contributed by atoms with van der Waals surface area (Å²) < 4.78 is 0. The van der Waals surface area contributed by atoms with Gasteiger partial charge in [0.2, 0.25) is 0 Å². The Morgan fingerprint density at radius 2 is 2.38 bits per heavy atom. The van der Waals surface area contributed by atoms with Crippen LogP contribution in [-0.4, -0.2) is 17.8 Å². The molecular formula is C4H5NO2S. The van der Waals surface area contributed by atoms with Gasteiger partial charge in [-0.1, -0.05) is 0 Å². The van der Waals surface area contributed by atoms with Gasteiger partial charge in [-0.2, -0.15) is 0 Å². The standard InChI is InChI=1S/C4H5NO2S/c1-5-3(2-8)4(6)7/h2,8H,1H2,(H,6,7)/b3-2-. The van der Waals surface area contributed by atoms with Crippen LogP contribution in [0.2, 0.25) is 0 Å². The zero-order valence-corrected chi connectivity index (χ0v) is 4.93. The van der Waals surface area contributed by atoms with E-state index in [0.717, 1.165) is 5.41 Å². The molecule has 0 fully saturated rings. The number of nitrogens with zero attached hydrogens (tertiary/aromatic N) is 1. The summed E-state index contributed by atoms with van der Waals surface area (Å²) in [6, 6.07) is 0. The first-order valence-corrected chi connectivity index (χ1v) is 2.28. The summed E-state index contributed by atoms with van der Waals surface area (Å²) in [5, 5.41) is 9.20. The van der Waals surface area contributed by atoms with Gasteiger partial charge in [-0.05, 0) is 6.72 Å². The van der Waals surface area contributed by atoms with E-state index in [1.165, 1.54) is 0 Å². The molecule has 44 valence electrons. The van der Waals surface area contributed by atoms with Crippen LogP contribution in [0.25, 0.3) is 0 Å². The van der Waals surface area contributed by atoms with E-state index >= 15 is 0 Å². The Kier molecular flexibility index (Phi) is 2.95. The maximum atomic E-state index is 9.91. The lowest BCUT2D eigenvalue weighted by atomic mass is 10.5. The van der Waals surface area contributed by atoms with Crippen LogP contribution in [0.3, 0.4) is 0 Å². The van der Waals surface area contributed by atoms with Crippen molar-refractivity contribution in [2.45, 2.75) is 0 Å². The number of rotatable bonds is 2. The molecule has 0 saturated heterocycles. The van der Waals surface area contributed by atoms with Crippen molar-refractivity contribution in [3.05, 3.63) is 11.1 Å². The van der Waals surface area contributed by atoms with E-state index in [9.17, 15) is 4.79 Å². The van der Waals surface area contributed by atoms with Crippen LogP contribution in [0, 0.1) is 0 Å². The summed E-state index contributed by atoms with van der Waals surface area (Å²) in [6.07, 6.45) is 0. The molecule has 0 heterocycles. The van der Waals surface area contributed by atoms with Crippen LogP contribution in [0.15, 0.2) is 16.1 Å². The highest BCUT2D eigenvalue weighted by Crippen LogP contribution is 1.95. The summed E-state index contributed by atoms with van der Waals surface area (Å²) >= 11 is 3.56. The minimum Gasteiger partial charge on any atom is -0.476 e. The average molecular weight is 131 g/mol. The zero-order chi connectivity index (χ0) is 6.57. The Bertz CT molecular complexity index is 141. The van der Waals surface area contributed by atoms with E-state index in [4.69, 9.17) is 5.11 Å². The van der Waals surface area contributed by atoms with E-state index in [0.29, 0.717) is 0 Å². The lowest BCUT2D eigenvalue weighted by molar-refractivity contribution is -0.132. The molecule has 0 aliphatic carbocycles. The third-order valence-electron chi connectivity index (χ3n) is 0.512. The molecule has 0 saturated carbocycles. The largest absolute Gasteiger partial charge is 0.476 e. The molecule has 0 aromatic rings. The molecule has 0 amide bonds. The number of aliphatic carboxylic acids is 1. The predicted octanol–water partition coefficient (Wildman–Crippen LogP) is 0.543. The van der Waals surface area contributed by atoms with E-state index < -0.39 is 5.97 Å². The molecule has 0 aliphatic rings. The van der Waals surface area contributed by atoms with Gasteiger partial charge in [-0.15, -0.1) is 12.6 Å². The number of thiol groups is 1. The van der Waals surface area contributed by atoms with Gasteiger partial charge in [-0.3, -0.25) is 4.99 Å². The van der Waals surface area contributed by atoms with Gasteiger partial charge >= 0.3 is 5.97 Å². The molecule has 0 bridgehead atoms. The van der Waals surface area contributed by atoms with Gasteiger partial charge in [0.05, 0.1) is 0 Å². The molecular weight excluding hydrogens is 126 g/mol. The smallest absolute Gasteiger partial charge is 0.354 e. The van der Waals surface area contributed by atoms with Crippen LogP contribution >= 0.6 is 12.6 Å². The number of carboxylic acid groups (broad SMARTS) is 1. The highest BCUT2D eigenvalue weighted by molar-refractivity contribution is 7.83. The third-order valence-corrected chi connectivity index (χ3v) is 0.756. The molecule has 0 aromatic carbocycles. The monoisotopic (exact) mass is 131 g/mol. The maximum Gasteiger partial charge on any atom is 0.354 e. The Labute approximate surface area is 52.2 Å². The van der Waals surface area contributed by atoms with Crippen LogP contribution in [0.1, 0.15) is 0 Å². The predicted molar refractivity (Wildman–Crippen MR) is 34.3 cm³/mol. The molecule has 0 aromatic heterocycles. The van der Waals surface area contributed by atoms with Crippen LogP contribution < -0.4 is 0 Å². The Balaban J connectivity index is 4.13. The number of carbonyl (C=O) groups is 1. The molecule has 4 heteroatoms. The van der Waals surface area contributed by atoms with Crippen molar-refractivity contribution in [1.82, 2.24) is 0 Å². The molecule has 0 rings (SSSR count). The van der Waals surface area contributed by atoms with Crippen molar-refractivity contribution >= 4 is 25.3 Å². The zero-order valence-electron chi connectivity index (χ0n) is 4.03. The highest BCUT2D eigenvalue weighted by Gasteiger charge is 1.99. The summed E-state index contributed by atoms with van der Waals surface area (Å²) in [4.78, 5) is 13.1. The highest BCUT2D eigenvalue weighted by atomic mass is 32.1. The fourth-order valence-corrected chi connectivity index (χ4v) is 0.356. The van der Waals surface area contributed by atoms with E-state index in [1.54, 1.807) is 0 Å². The minimum atomic E-state index is -1.12. The van der Waals surface area contributed by atoms with Crippen LogP contribution in [-0.2, 0) is 4.79 Å². The molecule has 0 spiro atoms. The summed E-state index contributed by atoms with van der Waals surface area (Å²) in [5.74, 6) is -1.12. The van der Waals surface area contributed by atoms with Gasteiger partial charge in [-0.25, -0.2) is 4.79 Å². The Hall–Kier alpha value is -0.770. The maximum absolute atomic E-state index is 9.91. The van der Waals surface area contributed by atoms with Crippen molar-refractivity contribution < 1.29 is 9.90 Å².